The molecule has 5 aromatic carbocycles. The van der Waals surface area contributed by atoms with E-state index in [9.17, 15) is 0 Å². The predicted molar refractivity (Wildman–Crippen MR) is 208 cm³/mol. The topological polar surface area (TPSA) is 21.3 Å². The van der Waals surface area contributed by atoms with Crippen LogP contribution >= 0.6 is 0 Å². The third kappa shape index (κ3) is 3.98. The number of furan rings is 1. The first-order valence-corrected chi connectivity index (χ1v) is 18.0. The first-order chi connectivity index (χ1) is 24.7. The summed E-state index contributed by atoms with van der Waals surface area (Å²) in [7, 11) is 0. The highest BCUT2D eigenvalue weighted by Gasteiger charge is 2.39. The van der Waals surface area contributed by atoms with Gasteiger partial charge < -0.3 is 13.9 Å². The fourth-order valence-electron chi connectivity index (χ4n) is 9.35. The van der Waals surface area contributed by atoms with Crippen molar-refractivity contribution >= 4 is 62.2 Å². The second-order valence-corrected chi connectivity index (χ2v) is 14.4. The van der Waals surface area contributed by atoms with Crippen molar-refractivity contribution in [1.29, 1.82) is 0 Å². The fourth-order valence-corrected chi connectivity index (χ4v) is 9.35. The molecule has 0 N–H and O–H groups in total. The van der Waals surface area contributed by atoms with E-state index in [-0.39, 0.29) is 18.0 Å². The molecule has 0 saturated heterocycles. The van der Waals surface area contributed by atoms with Crippen LogP contribution in [-0.2, 0) is 6.42 Å². The zero-order chi connectivity index (χ0) is 32.9. The van der Waals surface area contributed by atoms with Gasteiger partial charge >= 0.3 is 0 Å². The van der Waals surface area contributed by atoms with E-state index < -0.39 is 0 Å². The summed E-state index contributed by atoms with van der Waals surface area (Å²) < 4.78 is 9.07. The minimum absolute atomic E-state index is 0.159. The second-order valence-electron chi connectivity index (χ2n) is 14.4. The van der Waals surface area contributed by atoms with Crippen LogP contribution in [0, 0.1) is 5.92 Å². The largest absolute Gasteiger partial charge is 0.456 e. The van der Waals surface area contributed by atoms with E-state index in [0.717, 1.165) is 23.8 Å². The Morgan fingerprint density at radius 3 is 2.48 bits per heavy atom. The lowest BCUT2D eigenvalue weighted by Crippen LogP contribution is -2.31. The van der Waals surface area contributed by atoms with Crippen LogP contribution in [0.15, 0.2) is 138 Å². The number of hydrogen-bond donors (Lipinski definition) is 0. The van der Waals surface area contributed by atoms with Crippen LogP contribution in [-0.4, -0.2) is 10.6 Å². The molecule has 0 spiro atoms. The standard InChI is InChI=1S/C47H36N2O/c1-29-25-40-37-16-6-9-20-46(37)50-47(40)28-43(29)49-42-19-8-5-15-36(42)39-26-44-38(27-45(39)49)35-14-4-7-18-41(35)48(44)32-23-21-31(22-24-32)34-17-10-12-30-11-2-3-13-33(30)34/h2-4,6-14,16-29,35,41,43H,5,15H2,1H3. The number of rotatable bonds is 3. The Morgan fingerprint density at radius 2 is 1.56 bits per heavy atom. The predicted octanol–water partition coefficient (Wildman–Crippen LogP) is 10.3. The van der Waals surface area contributed by atoms with Gasteiger partial charge in [0.1, 0.15) is 11.0 Å². The van der Waals surface area contributed by atoms with Crippen molar-refractivity contribution in [3.63, 3.8) is 0 Å². The molecule has 3 heteroatoms. The van der Waals surface area contributed by atoms with E-state index in [1.54, 1.807) is 0 Å². The number of anilines is 2. The van der Waals surface area contributed by atoms with Crippen LogP contribution in [0.2, 0.25) is 0 Å². The van der Waals surface area contributed by atoms with Gasteiger partial charge in [0, 0.05) is 44.5 Å². The van der Waals surface area contributed by atoms with Gasteiger partial charge in [-0.1, -0.05) is 116 Å². The van der Waals surface area contributed by atoms with Gasteiger partial charge in [-0.3, -0.25) is 0 Å². The third-order valence-corrected chi connectivity index (χ3v) is 11.7. The lowest BCUT2D eigenvalue weighted by Gasteiger charge is -2.29. The molecule has 0 bridgehead atoms. The summed E-state index contributed by atoms with van der Waals surface area (Å²) in [5.74, 6) is 0.600. The van der Waals surface area contributed by atoms with Crippen LogP contribution < -0.4 is 15.5 Å². The summed E-state index contributed by atoms with van der Waals surface area (Å²) in [6.45, 7) is 2.36. The molecule has 50 heavy (non-hydrogen) atoms. The molecule has 4 unspecified atom stereocenters. The van der Waals surface area contributed by atoms with Crippen molar-refractivity contribution in [2.45, 2.75) is 37.8 Å². The Kier molecular flexibility index (Phi) is 5.95. The van der Waals surface area contributed by atoms with Gasteiger partial charge in [-0.25, -0.2) is 0 Å². The average molecular weight is 645 g/mol. The van der Waals surface area contributed by atoms with E-state index in [1.165, 1.54) is 71.6 Å². The zero-order valence-electron chi connectivity index (χ0n) is 28.0. The van der Waals surface area contributed by atoms with E-state index in [1.807, 2.05) is 0 Å². The maximum Gasteiger partial charge on any atom is 0.135 e. The Balaban J connectivity index is 1.07. The summed E-state index contributed by atoms with van der Waals surface area (Å²) in [5, 5.41) is 6.38. The molecular weight excluding hydrogens is 609 g/mol. The molecule has 7 aromatic rings. The van der Waals surface area contributed by atoms with Gasteiger partial charge in [-0.15, -0.1) is 0 Å². The number of para-hydroxylation sites is 1. The van der Waals surface area contributed by atoms with E-state index in [0.29, 0.717) is 5.92 Å². The molecule has 0 amide bonds. The molecule has 3 heterocycles. The highest BCUT2D eigenvalue weighted by atomic mass is 16.3. The minimum atomic E-state index is 0.159. The zero-order valence-corrected chi connectivity index (χ0v) is 28.0. The van der Waals surface area contributed by atoms with Crippen LogP contribution in [0.5, 0.6) is 0 Å². The fraction of sp³-hybridized carbons (Fsp3) is 0.149. The van der Waals surface area contributed by atoms with Gasteiger partial charge in [0.05, 0.1) is 12.1 Å². The molecule has 2 aromatic heterocycles. The second kappa shape index (κ2) is 10.6. The molecular formula is C47H36N2O. The average Bonchev–Trinajstić information content (AvgIpc) is 3.80. The smallest absolute Gasteiger partial charge is 0.135 e. The maximum atomic E-state index is 6.45. The minimum Gasteiger partial charge on any atom is -0.456 e. The summed E-state index contributed by atoms with van der Waals surface area (Å²) in [5.41, 5.74) is 12.6. The van der Waals surface area contributed by atoms with Gasteiger partial charge in [-0.05, 0) is 94.3 Å². The van der Waals surface area contributed by atoms with Crippen LogP contribution in [0.4, 0.5) is 11.4 Å². The highest BCUT2D eigenvalue weighted by Crippen LogP contribution is 2.51. The van der Waals surface area contributed by atoms with E-state index in [4.69, 9.17) is 4.42 Å². The van der Waals surface area contributed by atoms with Crippen LogP contribution in [0.3, 0.4) is 0 Å². The maximum absolute atomic E-state index is 6.45. The molecule has 0 saturated carbocycles. The quantitative estimate of drug-likeness (QED) is 0.191. The number of fused-ring (bicyclic) bond motifs is 10. The van der Waals surface area contributed by atoms with Crippen molar-refractivity contribution < 1.29 is 4.42 Å². The molecule has 3 nitrogen and oxygen atoms in total. The van der Waals surface area contributed by atoms with E-state index in [2.05, 4.69) is 168 Å². The number of hydrogen-bond acceptors (Lipinski definition) is 2. The summed E-state index contributed by atoms with van der Waals surface area (Å²) in [6, 6.07) is 38.4. The van der Waals surface area contributed by atoms with Crippen molar-refractivity contribution in [2.24, 2.45) is 5.92 Å². The molecule has 4 atom stereocenters. The third-order valence-electron chi connectivity index (χ3n) is 11.7. The monoisotopic (exact) mass is 644 g/mol. The summed E-state index contributed by atoms with van der Waals surface area (Å²) in [4.78, 5) is 2.58. The Bertz CT molecular complexity index is 2750. The lowest BCUT2D eigenvalue weighted by atomic mass is 9.90. The number of benzene rings is 5. The number of nitrogens with zero attached hydrogens (tertiary/aromatic N) is 2. The molecule has 3 aliphatic carbocycles. The lowest BCUT2D eigenvalue weighted by molar-refractivity contribution is 0.511. The van der Waals surface area contributed by atoms with Crippen molar-refractivity contribution in [3.8, 4) is 11.1 Å². The highest BCUT2D eigenvalue weighted by molar-refractivity contribution is 5.98. The molecule has 4 aliphatic rings. The Hall–Kier alpha value is -5.80. The first kappa shape index (κ1) is 28.1. The number of aromatic nitrogens is 1. The van der Waals surface area contributed by atoms with Crippen LogP contribution in [0.25, 0.3) is 62.0 Å². The summed E-state index contributed by atoms with van der Waals surface area (Å²) in [6.07, 6.45) is 20.9. The van der Waals surface area contributed by atoms with Gasteiger partial charge in [-0.2, -0.15) is 0 Å². The van der Waals surface area contributed by atoms with Crippen LogP contribution in [0.1, 0.15) is 42.1 Å². The summed E-state index contributed by atoms with van der Waals surface area (Å²) >= 11 is 0. The van der Waals surface area contributed by atoms with Gasteiger partial charge in [0.2, 0.25) is 0 Å². The molecule has 0 radical (unpaired) electrons. The first-order valence-electron chi connectivity index (χ1n) is 18.0. The van der Waals surface area contributed by atoms with Crippen molar-refractivity contribution in [1.82, 2.24) is 4.57 Å². The normalized spacial score (nSPS) is 21.6. The SMILES string of the molecule is CC1C=c2c(oc3ccccc23)=CC1n1c2c(c3cc4c(cc31)C1C=CC=CC1N4c1ccc(-c3cccc4ccccc34)cc1)CCC=C2. The van der Waals surface area contributed by atoms with Crippen molar-refractivity contribution in [3.05, 3.63) is 161 Å². The van der Waals surface area contributed by atoms with Gasteiger partial charge in [0.25, 0.3) is 0 Å². The Morgan fingerprint density at radius 1 is 0.740 bits per heavy atom. The molecule has 11 rings (SSSR count). The van der Waals surface area contributed by atoms with E-state index >= 15 is 0 Å². The Labute approximate surface area is 291 Å². The molecule has 240 valence electrons. The van der Waals surface area contributed by atoms with Gasteiger partial charge in [0.15, 0.2) is 0 Å². The number of allylic oxidation sites excluding steroid dienone is 3. The molecule has 1 aliphatic heterocycles. The number of aryl methyl sites for hydroxylation is 1. The van der Waals surface area contributed by atoms with Crippen molar-refractivity contribution in [2.75, 3.05) is 4.90 Å². The molecule has 0 fully saturated rings.